The first-order valence-electron chi connectivity index (χ1n) is 11.7. The lowest BCUT2D eigenvalue weighted by molar-refractivity contribution is -0.143. The molecule has 2 amide bonds. The van der Waals surface area contributed by atoms with Crippen molar-refractivity contribution in [3.63, 3.8) is 0 Å². The number of hydrogen-bond donors (Lipinski definition) is 1. The van der Waals surface area contributed by atoms with E-state index in [1.807, 2.05) is 0 Å². The molecular weight excluding hydrogens is 550 g/mol. The van der Waals surface area contributed by atoms with Gasteiger partial charge in [-0.3, -0.25) is 19.2 Å². The van der Waals surface area contributed by atoms with Crippen LogP contribution in [0.25, 0.3) is 17.0 Å². The minimum absolute atomic E-state index is 0.100. The number of benzene rings is 2. The molecule has 206 valence electrons. The van der Waals surface area contributed by atoms with E-state index < -0.39 is 41.2 Å². The van der Waals surface area contributed by atoms with Crippen molar-refractivity contribution in [1.82, 2.24) is 20.0 Å². The molecule has 2 aromatic carbocycles. The minimum Gasteiger partial charge on any atom is -0.374 e. The van der Waals surface area contributed by atoms with E-state index in [1.165, 1.54) is 10.9 Å². The maximum Gasteiger partial charge on any atom is 0.416 e. The number of nitrogens with one attached hydrogen (secondary N) is 1. The molecule has 0 bridgehead atoms. The zero-order valence-electron chi connectivity index (χ0n) is 20.0. The third-order valence-corrected chi connectivity index (χ3v) is 7.20. The van der Waals surface area contributed by atoms with Gasteiger partial charge in [0.15, 0.2) is 0 Å². The van der Waals surface area contributed by atoms with E-state index in [0.29, 0.717) is 42.2 Å². The fourth-order valence-electron chi connectivity index (χ4n) is 4.39. The smallest absolute Gasteiger partial charge is 0.374 e. The molecule has 0 saturated carbocycles. The number of ether oxygens (including phenoxy) is 1. The molecule has 2 aliphatic rings. The van der Waals surface area contributed by atoms with Crippen LogP contribution < -0.4 is 5.32 Å². The lowest BCUT2D eigenvalue weighted by Crippen LogP contribution is -2.46. The van der Waals surface area contributed by atoms with Crippen LogP contribution in [-0.2, 0) is 28.4 Å². The van der Waals surface area contributed by atoms with Gasteiger partial charge in [-0.25, -0.2) is 0 Å². The van der Waals surface area contributed by atoms with Crippen molar-refractivity contribution in [1.29, 1.82) is 0 Å². The Balaban J connectivity index is 1.37. The molecule has 0 spiro atoms. The molecule has 39 heavy (non-hydrogen) atoms. The molecule has 2 fully saturated rings. The van der Waals surface area contributed by atoms with Crippen LogP contribution in [0.15, 0.2) is 47.5 Å². The number of carbonyl (C=O) groups excluding carboxylic acids is 2. The maximum atomic E-state index is 13.6. The average molecular weight is 571 g/mol. The van der Waals surface area contributed by atoms with Gasteiger partial charge >= 0.3 is 12.4 Å². The Morgan fingerprint density at radius 1 is 1.08 bits per heavy atom. The number of amides is 2. The molecule has 3 heterocycles. The van der Waals surface area contributed by atoms with Crippen LogP contribution >= 0.6 is 11.8 Å². The molecule has 1 N–H and O–H groups in total. The lowest BCUT2D eigenvalue weighted by atomic mass is 10.0. The highest BCUT2D eigenvalue weighted by Gasteiger charge is 2.39. The Kier molecular flexibility index (Phi) is 7.20. The largest absolute Gasteiger partial charge is 0.416 e. The summed E-state index contributed by atoms with van der Waals surface area (Å²) in [4.78, 5) is 26.6. The summed E-state index contributed by atoms with van der Waals surface area (Å²) in [7, 11) is 0. The van der Waals surface area contributed by atoms with Gasteiger partial charge in [0.1, 0.15) is 0 Å². The normalized spacial score (nSPS) is 20.0. The number of fused-ring (bicyclic) bond motifs is 1. The van der Waals surface area contributed by atoms with Gasteiger partial charge in [-0.2, -0.15) is 31.4 Å². The number of hydrogen-bond acceptors (Lipinski definition) is 6. The van der Waals surface area contributed by atoms with Crippen molar-refractivity contribution in [2.24, 2.45) is 0 Å². The van der Waals surface area contributed by atoms with Gasteiger partial charge in [0.05, 0.1) is 53.5 Å². The molecule has 7 nitrogen and oxygen atoms in total. The number of nitrogens with zero attached hydrogens (tertiary/aromatic N) is 3. The van der Waals surface area contributed by atoms with Crippen LogP contribution in [0.2, 0.25) is 0 Å². The van der Waals surface area contributed by atoms with Crippen LogP contribution in [-0.4, -0.2) is 58.2 Å². The number of aromatic nitrogens is 2. The van der Waals surface area contributed by atoms with E-state index in [-0.39, 0.29) is 29.2 Å². The van der Waals surface area contributed by atoms with Crippen LogP contribution in [0.4, 0.5) is 31.1 Å². The summed E-state index contributed by atoms with van der Waals surface area (Å²) in [5.41, 5.74) is -2.14. The Bertz CT molecular complexity index is 1460. The summed E-state index contributed by atoms with van der Waals surface area (Å²) in [5.74, 6) is -0.447. The molecule has 1 atom stereocenters. The molecule has 3 aromatic rings. The van der Waals surface area contributed by atoms with E-state index in [4.69, 9.17) is 4.74 Å². The second-order valence-electron chi connectivity index (χ2n) is 8.98. The first-order chi connectivity index (χ1) is 18.4. The number of morpholine rings is 1. The topological polar surface area (TPSA) is 76.5 Å². The van der Waals surface area contributed by atoms with Gasteiger partial charge in [-0.15, -0.1) is 0 Å². The van der Waals surface area contributed by atoms with Crippen molar-refractivity contribution >= 4 is 39.9 Å². The van der Waals surface area contributed by atoms with Crippen LogP contribution in [0, 0.1) is 0 Å². The Morgan fingerprint density at radius 2 is 1.87 bits per heavy atom. The molecule has 0 aliphatic carbocycles. The van der Waals surface area contributed by atoms with Crippen LogP contribution in [0.3, 0.4) is 0 Å². The zero-order valence-corrected chi connectivity index (χ0v) is 20.8. The predicted octanol–water partition coefficient (Wildman–Crippen LogP) is 5.15. The SMILES string of the molecule is O=C1SC(=Cc2ccc3c(cnn3Cc3ccc(C(F)(F)F)cc3C(F)(F)F)c2)C(=O)N1C[C@@H]1CNCCO1. The third-order valence-electron chi connectivity index (χ3n) is 6.29. The van der Waals surface area contributed by atoms with Gasteiger partial charge in [0.2, 0.25) is 0 Å². The number of alkyl halides is 6. The molecule has 14 heteroatoms. The Hall–Kier alpha value is -3.36. The number of carbonyl (C=O) groups is 2. The fourth-order valence-corrected chi connectivity index (χ4v) is 5.23. The molecule has 0 unspecified atom stereocenters. The second kappa shape index (κ2) is 10.3. The average Bonchev–Trinajstić information content (AvgIpc) is 3.38. The van der Waals surface area contributed by atoms with E-state index in [9.17, 15) is 35.9 Å². The summed E-state index contributed by atoms with van der Waals surface area (Å²) in [6.07, 6.45) is -7.25. The fraction of sp³-hybridized carbons (Fsp3) is 0.320. The van der Waals surface area contributed by atoms with Gasteiger partial charge in [-0.05, 0) is 53.2 Å². The highest BCUT2D eigenvalue weighted by molar-refractivity contribution is 8.18. The standard InChI is InChI=1S/C25H20F6N4O3S/c26-24(27,28)17-3-2-15(19(9-17)25(29,30)31)12-35-20-4-1-14(7-16(20)10-33-35)8-21-22(36)34(23(37)39-21)13-18-11-32-5-6-38-18/h1-4,7-10,18,32H,5-6,11-13H2/t18-/m0/s1. The number of halogens is 6. The summed E-state index contributed by atoms with van der Waals surface area (Å²) < 4.78 is 86.4. The van der Waals surface area contributed by atoms with E-state index in [2.05, 4.69) is 10.4 Å². The number of imide groups is 1. The Labute approximate surface area is 221 Å². The van der Waals surface area contributed by atoms with Crippen molar-refractivity contribution in [3.8, 4) is 0 Å². The third kappa shape index (κ3) is 5.82. The van der Waals surface area contributed by atoms with E-state index in [1.54, 1.807) is 24.3 Å². The molecule has 2 saturated heterocycles. The van der Waals surface area contributed by atoms with Gasteiger partial charge in [-0.1, -0.05) is 12.1 Å². The second-order valence-corrected chi connectivity index (χ2v) is 9.97. The Morgan fingerprint density at radius 3 is 2.56 bits per heavy atom. The molecule has 5 rings (SSSR count). The van der Waals surface area contributed by atoms with E-state index in [0.717, 1.165) is 22.7 Å². The molecular formula is C25H20F6N4O3S. The minimum atomic E-state index is -4.99. The first-order valence-corrected chi connectivity index (χ1v) is 12.5. The number of thioether (sulfide) groups is 1. The lowest BCUT2D eigenvalue weighted by Gasteiger charge is -2.26. The quantitative estimate of drug-likeness (QED) is 0.338. The van der Waals surface area contributed by atoms with Crippen LogP contribution in [0.5, 0.6) is 0 Å². The highest BCUT2D eigenvalue weighted by atomic mass is 32.2. The summed E-state index contributed by atoms with van der Waals surface area (Å²) in [5, 5.41) is 7.37. The molecule has 2 aliphatic heterocycles. The predicted molar refractivity (Wildman–Crippen MR) is 131 cm³/mol. The highest BCUT2D eigenvalue weighted by Crippen LogP contribution is 2.38. The van der Waals surface area contributed by atoms with Gasteiger partial charge < -0.3 is 10.1 Å². The van der Waals surface area contributed by atoms with Crippen molar-refractivity contribution in [2.75, 3.05) is 26.2 Å². The van der Waals surface area contributed by atoms with Gasteiger partial charge in [0, 0.05) is 18.5 Å². The summed E-state index contributed by atoms with van der Waals surface area (Å²) >= 11 is 0.799. The van der Waals surface area contributed by atoms with Crippen molar-refractivity contribution in [3.05, 3.63) is 69.8 Å². The monoisotopic (exact) mass is 570 g/mol. The number of rotatable bonds is 5. The summed E-state index contributed by atoms with van der Waals surface area (Å²) in [6.45, 7) is 1.43. The van der Waals surface area contributed by atoms with E-state index >= 15 is 0 Å². The molecule has 0 radical (unpaired) electrons. The maximum absolute atomic E-state index is 13.6. The zero-order chi connectivity index (χ0) is 27.9. The van der Waals surface area contributed by atoms with Crippen LogP contribution in [0.1, 0.15) is 22.3 Å². The van der Waals surface area contributed by atoms with Crippen molar-refractivity contribution in [2.45, 2.75) is 25.0 Å². The summed E-state index contributed by atoms with van der Waals surface area (Å²) in [6, 6.07) is 6.36. The van der Waals surface area contributed by atoms with Gasteiger partial charge in [0.25, 0.3) is 11.1 Å². The molecule has 1 aromatic heterocycles. The van der Waals surface area contributed by atoms with Crippen molar-refractivity contribution < 1.29 is 40.7 Å². The first kappa shape index (κ1) is 27.2.